The second-order valence-electron chi connectivity index (χ2n) is 4.22. The van der Waals surface area contributed by atoms with Crippen LogP contribution < -0.4 is 5.32 Å². The summed E-state index contributed by atoms with van der Waals surface area (Å²) in [5.74, 6) is 0.810. The van der Waals surface area contributed by atoms with Crippen molar-refractivity contribution in [3.63, 3.8) is 0 Å². The first-order chi connectivity index (χ1) is 8.69. The molecule has 1 atom stereocenters. The van der Waals surface area contributed by atoms with Crippen molar-refractivity contribution in [2.75, 3.05) is 0 Å². The van der Waals surface area contributed by atoms with Crippen molar-refractivity contribution in [2.24, 2.45) is 0 Å². The first kappa shape index (κ1) is 13.1. The zero-order valence-electron chi connectivity index (χ0n) is 11.0. The number of hydrogen-bond donors (Lipinski definition) is 1. The molecule has 0 saturated carbocycles. The molecule has 2 aromatic heterocycles. The maximum Gasteiger partial charge on any atom is 0.125 e. The molecule has 5 heteroatoms. The number of nitrogens with one attached hydrogen (secondary N) is 1. The second kappa shape index (κ2) is 6.02. The van der Waals surface area contributed by atoms with E-state index in [1.807, 2.05) is 19.2 Å². The van der Waals surface area contributed by atoms with E-state index in [2.05, 4.69) is 34.1 Å². The van der Waals surface area contributed by atoms with E-state index in [1.165, 1.54) is 4.88 Å². The number of aromatic nitrogens is 3. The largest absolute Gasteiger partial charge is 0.302 e. The minimum absolute atomic E-state index is 0.255. The van der Waals surface area contributed by atoms with Crippen LogP contribution >= 0.6 is 11.3 Å². The molecule has 0 bridgehead atoms. The van der Waals surface area contributed by atoms with Crippen molar-refractivity contribution in [2.45, 2.75) is 39.8 Å². The molecular formula is C13H18N4S. The van der Waals surface area contributed by atoms with Gasteiger partial charge in [0.05, 0.1) is 11.7 Å². The van der Waals surface area contributed by atoms with Gasteiger partial charge in [0.15, 0.2) is 0 Å². The molecule has 0 aromatic carbocycles. The highest BCUT2D eigenvalue weighted by Crippen LogP contribution is 2.20. The molecule has 2 rings (SSSR count). The molecule has 0 aliphatic carbocycles. The second-order valence-corrected chi connectivity index (χ2v) is 5.36. The maximum atomic E-state index is 4.44. The number of nitrogens with zero attached hydrogens (tertiary/aromatic N) is 3. The van der Waals surface area contributed by atoms with E-state index >= 15 is 0 Å². The summed E-state index contributed by atoms with van der Waals surface area (Å²) in [5.41, 5.74) is 1.02. The molecule has 1 N–H and O–H groups in total. The van der Waals surface area contributed by atoms with Gasteiger partial charge in [-0.2, -0.15) is 0 Å². The van der Waals surface area contributed by atoms with Crippen molar-refractivity contribution < 1.29 is 0 Å². The highest BCUT2D eigenvalue weighted by molar-refractivity contribution is 7.11. The number of thiazole rings is 1. The molecular weight excluding hydrogens is 244 g/mol. The fourth-order valence-electron chi connectivity index (χ4n) is 1.63. The molecule has 18 heavy (non-hydrogen) atoms. The molecule has 4 nitrogen and oxygen atoms in total. The summed E-state index contributed by atoms with van der Waals surface area (Å²) >= 11 is 1.77. The van der Waals surface area contributed by atoms with Gasteiger partial charge in [-0.3, -0.25) is 0 Å². The fourth-order valence-corrected chi connectivity index (χ4v) is 2.52. The van der Waals surface area contributed by atoms with Gasteiger partial charge in [-0.05, 0) is 26.3 Å². The Hall–Kier alpha value is -1.33. The molecule has 0 spiro atoms. The molecule has 0 saturated heterocycles. The monoisotopic (exact) mass is 262 g/mol. The summed E-state index contributed by atoms with van der Waals surface area (Å²) in [7, 11) is 0. The van der Waals surface area contributed by atoms with Crippen LogP contribution in [0.15, 0.2) is 18.5 Å². The predicted molar refractivity (Wildman–Crippen MR) is 73.5 cm³/mol. The van der Waals surface area contributed by atoms with Crippen LogP contribution in [0.1, 0.15) is 41.3 Å². The van der Waals surface area contributed by atoms with Gasteiger partial charge >= 0.3 is 0 Å². The molecule has 2 aromatic rings. The average molecular weight is 262 g/mol. The van der Waals surface area contributed by atoms with Crippen molar-refractivity contribution in [3.05, 3.63) is 39.9 Å². The lowest BCUT2D eigenvalue weighted by Gasteiger charge is -2.10. The van der Waals surface area contributed by atoms with E-state index in [-0.39, 0.29) is 6.04 Å². The van der Waals surface area contributed by atoms with E-state index in [0.717, 1.165) is 29.5 Å². The van der Waals surface area contributed by atoms with Gasteiger partial charge in [0.1, 0.15) is 10.8 Å². The normalized spacial score (nSPS) is 12.6. The Bertz CT molecular complexity index is 509. The number of aryl methyl sites for hydroxylation is 2. The Morgan fingerprint density at radius 1 is 1.39 bits per heavy atom. The summed E-state index contributed by atoms with van der Waals surface area (Å²) in [4.78, 5) is 14.2. The lowest BCUT2D eigenvalue weighted by Crippen LogP contribution is -2.18. The lowest BCUT2D eigenvalue weighted by atomic mass is 10.3. The Kier molecular flexibility index (Phi) is 4.38. The van der Waals surface area contributed by atoms with Gasteiger partial charge in [-0.15, -0.1) is 11.3 Å². The molecule has 2 heterocycles. The summed E-state index contributed by atoms with van der Waals surface area (Å²) in [6.07, 6.45) is 4.81. The van der Waals surface area contributed by atoms with Crippen LogP contribution in [0, 0.1) is 6.92 Å². The van der Waals surface area contributed by atoms with Crippen LogP contribution in [0.2, 0.25) is 0 Å². The summed E-state index contributed by atoms with van der Waals surface area (Å²) in [5, 5.41) is 4.57. The van der Waals surface area contributed by atoms with E-state index in [9.17, 15) is 0 Å². The van der Waals surface area contributed by atoms with Crippen LogP contribution in [0.25, 0.3) is 0 Å². The van der Waals surface area contributed by atoms with Gasteiger partial charge < -0.3 is 5.32 Å². The van der Waals surface area contributed by atoms with Crippen LogP contribution in [0.5, 0.6) is 0 Å². The molecule has 96 valence electrons. The van der Waals surface area contributed by atoms with Crippen molar-refractivity contribution >= 4 is 11.3 Å². The van der Waals surface area contributed by atoms with Crippen molar-refractivity contribution in [1.29, 1.82) is 0 Å². The van der Waals surface area contributed by atoms with E-state index in [4.69, 9.17) is 0 Å². The van der Waals surface area contributed by atoms with Crippen LogP contribution in [0.3, 0.4) is 0 Å². The Morgan fingerprint density at radius 2 is 2.22 bits per heavy atom. The van der Waals surface area contributed by atoms with Crippen molar-refractivity contribution in [3.8, 4) is 0 Å². The topological polar surface area (TPSA) is 50.7 Å². The van der Waals surface area contributed by atoms with Crippen LogP contribution in [-0.4, -0.2) is 15.0 Å². The van der Waals surface area contributed by atoms with Gasteiger partial charge in [0.2, 0.25) is 0 Å². The number of hydrogen-bond acceptors (Lipinski definition) is 5. The third kappa shape index (κ3) is 3.34. The van der Waals surface area contributed by atoms with Gasteiger partial charge in [-0.25, -0.2) is 15.0 Å². The summed E-state index contributed by atoms with van der Waals surface area (Å²) in [6, 6.07) is 2.19. The zero-order valence-corrected chi connectivity index (χ0v) is 11.8. The number of rotatable bonds is 5. The molecule has 0 aliphatic heterocycles. The molecule has 0 fully saturated rings. The minimum atomic E-state index is 0.255. The summed E-state index contributed by atoms with van der Waals surface area (Å²) < 4.78 is 0. The smallest absolute Gasteiger partial charge is 0.125 e. The first-order valence-corrected chi connectivity index (χ1v) is 6.97. The first-order valence-electron chi connectivity index (χ1n) is 6.15. The predicted octanol–water partition coefficient (Wildman–Crippen LogP) is 2.65. The SMILES string of the molecule is CCc1cnc(C(C)NCc2ccnc(C)n2)s1. The molecule has 1 unspecified atom stereocenters. The quantitative estimate of drug-likeness (QED) is 0.900. The Balaban J connectivity index is 1.93. The lowest BCUT2D eigenvalue weighted by molar-refractivity contribution is 0.563. The van der Waals surface area contributed by atoms with Gasteiger partial charge in [-0.1, -0.05) is 6.92 Å². The van der Waals surface area contributed by atoms with Gasteiger partial charge in [0, 0.05) is 23.8 Å². The van der Waals surface area contributed by atoms with E-state index < -0.39 is 0 Å². The average Bonchev–Trinajstić information content (AvgIpc) is 2.85. The fraction of sp³-hybridized carbons (Fsp3) is 0.462. The molecule has 0 amide bonds. The third-order valence-corrected chi connectivity index (χ3v) is 4.04. The summed E-state index contributed by atoms with van der Waals surface area (Å²) in [6.45, 7) is 6.93. The minimum Gasteiger partial charge on any atom is -0.302 e. The molecule has 0 radical (unpaired) electrons. The van der Waals surface area contributed by atoms with Crippen LogP contribution in [0.4, 0.5) is 0 Å². The zero-order chi connectivity index (χ0) is 13.0. The third-order valence-electron chi connectivity index (χ3n) is 2.71. The van der Waals surface area contributed by atoms with E-state index in [1.54, 1.807) is 17.5 Å². The molecule has 0 aliphatic rings. The maximum absolute atomic E-state index is 4.44. The van der Waals surface area contributed by atoms with Gasteiger partial charge in [0.25, 0.3) is 0 Å². The van der Waals surface area contributed by atoms with E-state index in [0.29, 0.717) is 0 Å². The Labute approximate surface area is 112 Å². The highest BCUT2D eigenvalue weighted by Gasteiger charge is 2.09. The highest BCUT2D eigenvalue weighted by atomic mass is 32.1. The van der Waals surface area contributed by atoms with Crippen molar-refractivity contribution in [1.82, 2.24) is 20.3 Å². The Morgan fingerprint density at radius 3 is 2.89 bits per heavy atom. The standard InChI is InChI=1S/C13H18N4S/c1-4-12-8-16-13(18-12)9(2)15-7-11-5-6-14-10(3)17-11/h5-6,8-9,15H,4,7H2,1-3H3. The van der Waals surface area contributed by atoms with Crippen LogP contribution in [-0.2, 0) is 13.0 Å².